The molecule has 1 aliphatic carbocycles. The largest absolute Gasteiger partial charge is 0.349 e. The Kier molecular flexibility index (Phi) is 4.05. The van der Waals surface area contributed by atoms with Gasteiger partial charge < -0.3 is 5.32 Å². The fraction of sp³-hybridized carbons (Fsp3) is 0.500. The van der Waals surface area contributed by atoms with Gasteiger partial charge in [0.25, 0.3) is 5.91 Å². The average Bonchev–Trinajstić information content (AvgIpc) is 2.89. The fourth-order valence-corrected chi connectivity index (χ4v) is 3.43. The Hall–Kier alpha value is -0.980. The van der Waals surface area contributed by atoms with E-state index in [0.717, 1.165) is 25.8 Å². The number of hydrazine groups is 1. The molecule has 1 aliphatic heterocycles. The minimum Gasteiger partial charge on any atom is -0.349 e. The summed E-state index contributed by atoms with van der Waals surface area (Å²) in [4.78, 5) is 12.2. The number of halogens is 2. The summed E-state index contributed by atoms with van der Waals surface area (Å²) in [5.74, 6) is -0.267. The van der Waals surface area contributed by atoms with E-state index in [1.54, 1.807) is 6.07 Å². The van der Waals surface area contributed by atoms with Crippen molar-refractivity contribution in [2.24, 2.45) is 5.92 Å². The van der Waals surface area contributed by atoms with Crippen LogP contribution >= 0.6 is 15.9 Å². The van der Waals surface area contributed by atoms with Gasteiger partial charge in [-0.05, 0) is 43.4 Å². The van der Waals surface area contributed by atoms with Crippen LogP contribution < -0.4 is 16.2 Å². The minimum atomic E-state index is -0.483. The monoisotopic (exact) mass is 341 g/mol. The highest BCUT2D eigenvalue weighted by Crippen LogP contribution is 2.27. The third-order valence-electron chi connectivity index (χ3n) is 4.14. The second-order valence-electron chi connectivity index (χ2n) is 5.50. The van der Waals surface area contributed by atoms with Crippen molar-refractivity contribution in [1.82, 2.24) is 16.2 Å². The number of carbonyl (C=O) groups excluding carboxylic acids is 1. The zero-order valence-corrected chi connectivity index (χ0v) is 12.5. The smallest absolute Gasteiger partial charge is 0.254 e. The molecule has 1 amide bonds. The predicted octanol–water partition coefficient (Wildman–Crippen LogP) is 1.96. The Morgan fingerprint density at radius 2 is 2.25 bits per heavy atom. The fourth-order valence-electron chi connectivity index (χ4n) is 3.07. The zero-order valence-electron chi connectivity index (χ0n) is 11.0. The lowest BCUT2D eigenvalue weighted by Crippen LogP contribution is -2.44. The highest BCUT2D eigenvalue weighted by atomic mass is 79.9. The minimum absolute atomic E-state index is 0.101. The van der Waals surface area contributed by atoms with Crippen LogP contribution in [0.1, 0.15) is 29.6 Å². The van der Waals surface area contributed by atoms with Crippen LogP contribution in [-0.2, 0) is 0 Å². The van der Waals surface area contributed by atoms with Crippen molar-refractivity contribution in [2.45, 2.75) is 31.3 Å². The molecule has 6 heteroatoms. The van der Waals surface area contributed by atoms with Crippen LogP contribution in [0.25, 0.3) is 0 Å². The summed E-state index contributed by atoms with van der Waals surface area (Å²) in [6.45, 7) is 0.933. The molecule has 1 aromatic rings. The average molecular weight is 342 g/mol. The van der Waals surface area contributed by atoms with Crippen LogP contribution in [-0.4, -0.2) is 24.5 Å². The van der Waals surface area contributed by atoms with E-state index in [1.807, 2.05) is 0 Å². The molecule has 3 rings (SSSR count). The molecule has 4 nitrogen and oxygen atoms in total. The lowest BCUT2D eigenvalue weighted by Gasteiger charge is -2.31. The number of benzene rings is 1. The van der Waals surface area contributed by atoms with Gasteiger partial charge in [-0.3, -0.25) is 15.6 Å². The molecule has 0 spiro atoms. The maximum absolute atomic E-state index is 13.7. The number of nitrogens with one attached hydrogen (secondary N) is 3. The molecule has 0 radical (unpaired) electrons. The van der Waals surface area contributed by atoms with E-state index < -0.39 is 5.82 Å². The summed E-state index contributed by atoms with van der Waals surface area (Å²) in [7, 11) is 0. The number of fused-ring (bicyclic) bond motifs is 1. The molecular formula is C14H17BrFN3O. The van der Waals surface area contributed by atoms with Crippen molar-refractivity contribution in [2.75, 3.05) is 6.54 Å². The second kappa shape index (κ2) is 5.79. The molecule has 0 aromatic heterocycles. The molecule has 3 N–H and O–H groups in total. The van der Waals surface area contributed by atoms with Crippen LogP contribution in [0.15, 0.2) is 22.7 Å². The second-order valence-corrected chi connectivity index (χ2v) is 6.42. The number of hydrogen-bond donors (Lipinski definition) is 3. The SMILES string of the molecule is O=C(NC1CCC2NNCC2C1)c1cc(Br)ccc1F. The number of amides is 1. The highest BCUT2D eigenvalue weighted by Gasteiger charge is 2.34. The molecule has 3 unspecified atom stereocenters. The van der Waals surface area contributed by atoms with Crippen LogP contribution in [0.3, 0.4) is 0 Å². The molecule has 1 saturated heterocycles. The molecule has 2 fully saturated rings. The van der Waals surface area contributed by atoms with Crippen molar-refractivity contribution in [3.63, 3.8) is 0 Å². The van der Waals surface area contributed by atoms with Gasteiger partial charge in [-0.2, -0.15) is 0 Å². The zero-order chi connectivity index (χ0) is 14.1. The van der Waals surface area contributed by atoms with Crippen molar-refractivity contribution in [3.05, 3.63) is 34.1 Å². The van der Waals surface area contributed by atoms with Gasteiger partial charge in [-0.15, -0.1) is 0 Å². The van der Waals surface area contributed by atoms with Crippen LogP contribution in [0.4, 0.5) is 4.39 Å². The summed E-state index contributed by atoms with van der Waals surface area (Å²) in [5, 5.41) is 2.96. The number of hydrogen-bond acceptors (Lipinski definition) is 3. The first-order valence-electron chi connectivity index (χ1n) is 6.88. The summed E-state index contributed by atoms with van der Waals surface area (Å²) in [5.41, 5.74) is 6.51. The van der Waals surface area contributed by atoms with E-state index >= 15 is 0 Å². The van der Waals surface area contributed by atoms with Crippen LogP contribution in [0, 0.1) is 11.7 Å². The summed E-state index contributed by atoms with van der Waals surface area (Å²) >= 11 is 3.26. The van der Waals surface area contributed by atoms with E-state index in [4.69, 9.17) is 0 Å². The third kappa shape index (κ3) is 2.87. The molecule has 1 heterocycles. The normalized spacial score (nSPS) is 29.0. The Morgan fingerprint density at radius 3 is 3.10 bits per heavy atom. The molecule has 1 aromatic carbocycles. The molecule has 2 aliphatic rings. The van der Waals surface area contributed by atoms with Gasteiger partial charge in [0.05, 0.1) is 5.56 Å². The van der Waals surface area contributed by atoms with Gasteiger partial charge >= 0.3 is 0 Å². The lowest BCUT2D eigenvalue weighted by atomic mass is 9.83. The standard InChI is InChI=1S/C14H17BrFN3O/c15-9-1-3-12(16)11(6-9)14(20)18-10-2-4-13-8(5-10)7-17-19-13/h1,3,6,8,10,13,17,19H,2,4-5,7H2,(H,18,20). The Labute approximate surface area is 125 Å². The van der Waals surface area contributed by atoms with Crippen LogP contribution in [0.2, 0.25) is 0 Å². The molecule has 20 heavy (non-hydrogen) atoms. The molecule has 1 saturated carbocycles. The van der Waals surface area contributed by atoms with Gasteiger partial charge in [-0.25, -0.2) is 4.39 Å². The first kappa shape index (κ1) is 14.0. The molecule has 108 valence electrons. The van der Waals surface area contributed by atoms with E-state index in [1.165, 1.54) is 12.1 Å². The predicted molar refractivity (Wildman–Crippen MR) is 77.6 cm³/mol. The van der Waals surface area contributed by atoms with E-state index in [-0.39, 0.29) is 17.5 Å². The van der Waals surface area contributed by atoms with Gasteiger partial charge in [0.2, 0.25) is 0 Å². The first-order valence-corrected chi connectivity index (χ1v) is 7.67. The topological polar surface area (TPSA) is 53.2 Å². The Bertz CT molecular complexity index is 525. The number of carbonyl (C=O) groups is 1. The number of rotatable bonds is 2. The molecule has 0 bridgehead atoms. The first-order chi connectivity index (χ1) is 9.63. The molecule has 3 atom stereocenters. The van der Waals surface area contributed by atoms with Gasteiger partial charge in [0.15, 0.2) is 0 Å². The van der Waals surface area contributed by atoms with Gasteiger partial charge in [0, 0.05) is 23.1 Å². The lowest BCUT2D eigenvalue weighted by molar-refractivity contribution is 0.0914. The quantitative estimate of drug-likeness (QED) is 0.770. The van der Waals surface area contributed by atoms with Crippen molar-refractivity contribution in [3.8, 4) is 0 Å². The summed E-state index contributed by atoms with van der Waals surface area (Å²) < 4.78 is 14.4. The van der Waals surface area contributed by atoms with E-state index in [9.17, 15) is 9.18 Å². The Morgan fingerprint density at radius 1 is 1.40 bits per heavy atom. The summed E-state index contributed by atoms with van der Waals surface area (Å²) in [6.07, 6.45) is 2.90. The van der Waals surface area contributed by atoms with Gasteiger partial charge in [-0.1, -0.05) is 15.9 Å². The van der Waals surface area contributed by atoms with Gasteiger partial charge in [0.1, 0.15) is 5.82 Å². The molecular weight excluding hydrogens is 325 g/mol. The van der Waals surface area contributed by atoms with E-state index in [0.29, 0.717) is 16.4 Å². The van der Waals surface area contributed by atoms with Crippen molar-refractivity contribution < 1.29 is 9.18 Å². The van der Waals surface area contributed by atoms with Crippen molar-refractivity contribution >= 4 is 21.8 Å². The highest BCUT2D eigenvalue weighted by molar-refractivity contribution is 9.10. The van der Waals surface area contributed by atoms with Crippen molar-refractivity contribution in [1.29, 1.82) is 0 Å². The third-order valence-corrected chi connectivity index (χ3v) is 4.64. The maximum atomic E-state index is 13.7. The van der Waals surface area contributed by atoms with Crippen LogP contribution in [0.5, 0.6) is 0 Å². The Balaban J connectivity index is 1.65. The maximum Gasteiger partial charge on any atom is 0.254 e. The summed E-state index contributed by atoms with van der Waals surface area (Å²) in [6, 6.07) is 5.05. The van der Waals surface area contributed by atoms with E-state index in [2.05, 4.69) is 32.1 Å².